The number of hydrogen-bond donors (Lipinski definition) is 2. The molecule has 23 heavy (non-hydrogen) atoms. The zero-order valence-electron chi connectivity index (χ0n) is 13.9. The molecule has 1 aromatic carbocycles. The number of nitrogens with zero attached hydrogens (tertiary/aromatic N) is 1. The molecular formula is C19H25N3O. The summed E-state index contributed by atoms with van der Waals surface area (Å²) in [6.45, 7) is 4.95. The largest absolute Gasteiger partial charge is 0.364 e. The van der Waals surface area contributed by atoms with Crippen LogP contribution in [0.2, 0.25) is 0 Å². The summed E-state index contributed by atoms with van der Waals surface area (Å²) in [4.78, 5) is 16.5. The van der Waals surface area contributed by atoms with Crippen LogP contribution in [-0.4, -0.2) is 17.4 Å². The fraction of sp³-hybridized carbons (Fsp3) is 0.368. The molecule has 4 heteroatoms. The van der Waals surface area contributed by atoms with Crippen molar-refractivity contribution in [1.29, 1.82) is 0 Å². The van der Waals surface area contributed by atoms with E-state index < -0.39 is 0 Å². The van der Waals surface area contributed by atoms with Gasteiger partial charge in [-0.05, 0) is 31.0 Å². The first-order valence-electron chi connectivity index (χ1n) is 8.26. The third kappa shape index (κ3) is 5.40. The lowest BCUT2D eigenvalue weighted by Gasteiger charge is -2.15. The highest BCUT2D eigenvalue weighted by Crippen LogP contribution is 2.18. The van der Waals surface area contributed by atoms with Gasteiger partial charge in [-0.2, -0.15) is 0 Å². The first-order valence-corrected chi connectivity index (χ1v) is 8.26. The third-order valence-corrected chi connectivity index (χ3v) is 3.75. The van der Waals surface area contributed by atoms with Gasteiger partial charge in [0.05, 0.1) is 0 Å². The molecule has 1 heterocycles. The van der Waals surface area contributed by atoms with Gasteiger partial charge in [0.15, 0.2) is 0 Å². The van der Waals surface area contributed by atoms with Crippen LogP contribution in [-0.2, 0) is 0 Å². The van der Waals surface area contributed by atoms with Gasteiger partial charge in [0, 0.05) is 24.3 Å². The minimum Gasteiger partial charge on any atom is -0.364 e. The molecule has 2 rings (SSSR count). The standard InChI is InChI=1S/C19H25N3O/c1-3-4-8-12-21-19(23)17-11-13-20-18(14-17)22-15(2)16-9-6-5-7-10-16/h5-7,9-11,13-15H,3-4,8,12H2,1-2H3,(H,20,22)(H,21,23). The average molecular weight is 311 g/mol. The highest BCUT2D eigenvalue weighted by molar-refractivity contribution is 5.94. The Hall–Kier alpha value is -2.36. The van der Waals surface area contributed by atoms with Gasteiger partial charge in [0.25, 0.3) is 5.91 Å². The summed E-state index contributed by atoms with van der Waals surface area (Å²) < 4.78 is 0. The second kappa shape index (κ2) is 8.93. The van der Waals surface area contributed by atoms with Crippen LogP contribution >= 0.6 is 0 Å². The molecule has 0 radical (unpaired) electrons. The van der Waals surface area contributed by atoms with Gasteiger partial charge in [-0.1, -0.05) is 50.1 Å². The molecular weight excluding hydrogens is 286 g/mol. The van der Waals surface area contributed by atoms with Crippen LogP contribution in [0.5, 0.6) is 0 Å². The number of hydrogen-bond acceptors (Lipinski definition) is 3. The minimum atomic E-state index is -0.0427. The molecule has 0 saturated carbocycles. The molecule has 1 amide bonds. The zero-order valence-corrected chi connectivity index (χ0v) is 13.9. The summed E-state index contributed by atoms with van der Waals surface area (Å²) in [7, 11) is 0. The second-order valence-corrected chi connectivity index (χ2v) is 5.67. The predicted molar refractivity (Wildman–Crippen MR) is 94.6 cm³/mol. The van der Waals surface area contributed by atoms with Crippen molar-refractivity contribution >= 4 is 11.7 Å². The topological polar surface area (TPSA) is 54.0 Å². The van der Waals surface area contributed by atoms with E-state index in [-0.39, 0.29) is 11.9 Å². The lowest BCUT2D eigenvalue weighted by Crippen LogP contribution is -2.24. The lowest BCUT2D eigenvalue weighted by molar-refractivity contribution is 0.0953. The highest BCUT2D eigenvalue weighted by Gasteiger charge is 2.09. The molecule has 0 bridgehead atoms. The van der Waals surface area contributed by atoms with Crippen molar-refractivity contribution in [3.05, 3.63) is 59.8 Å². The number of nitrogens with one attached hydrogen (secondary N) is 2. The summed E-state index contributed by atoms with van der Waals surface area (Å²) in [5, 5.41) is 6.29. The van der Waals surface area contributed by atoms with E-state index in [4.69, 9.17) is 0 Å². The number of amides is 1. The lowest BCUT2D eigenvalue weighted by atomic mass is 10.1. The van der Waals surface area contributed by atoms with E-state index in [1.54, 1.807) is 18.3 Å². The van der Waals surface area contributed by atoms with E-state index in [1.807, 2.05) is 18.2 Å². The number of carbonyl (C=O) groups is 1. The van der Waals surface area contributed by atoms with Crippen molar-refractivity contribution in [2.24, 2.45) is 0 Å². The van der Waals surface area contributed by atoms with Gasteiger partial charge in [-0.15, -0.1) is 0 Å². The van der Waals surface area contributed by atoms with Crippen LogP contribution in [0.3, 0.4) is 0 Å². The summed E-state index contributed by atoms with van der Waals surface area (Å²) >= 11 is 0. The van der Waals surface area contributed by atoms with E-state index in [0.29, 0.717) is 11.4 Å². The predicted octanol–water partition coefficient (Wildman–Crippen LogP) is 4.17. The first kappa shape index (κ1) is 17.0. The number of unbranched alkanes of at least 4 members (excludes halogenated alkanes) is 2. The first-order chi connectivity index (χ1) is 11.2. The monoisotopic (exact) mass is 311 g/mol. The van der Waals surface area contributed by atoms with Crippen molar-refractivity contribution in [3.8, 4) is 0 Å². The van der Waals surface area contributed by atoms with Crippen molar-refractivity contribution < 1.29 is 4.79 Å². The molecule has 1 aromatic heterocycles. The Balaban J connectivity index is 1.95. The molecule has 0 saturated heterocycles. The fourth-order valence-corrected chi connectivity index (χ4v) is 2.38. The van der Waals surface area contributed by atoms with Gasteiger partial charge in [-0.3, -0.25) is 4.79 Å². The molecule has 4 nitrogen and oxygen atoms in total. The maximum absolute atomic E-state index is 12.1. The second-order valence-electron chi connectivity index (χ2n) is 5.67. The molecule has 0 fully saturated rings. The Bertz CT molecular complexity index is 613. The van der Waals surface area contributed by atoms with Crippen LogP contribution in [0.4, 0.5) is 5.82 Å². The SMILES string of the molecule is CCCCCNC(=O)c1ccnc(NC(C)c2ccccc2)c1. The third-order valence-electron chi connectivity index (χ3n) is 3.75. The molecule has 0 aliphatic carbocycles. The van der Waals surface area contributed by atoms with Crippen molar-refractivity contribution in [2.45, 2.75) is 39.2 Å². The smallest absolute Gasteiger partial charge is 0.251 e. The summed E-state index contributed by atoms with van der Waals surface area (Å²) in [5.41, 5.74) is 1.82. The van der Waals surface area contributed by atoms with Crippen LogP contribution in [0.15, 0.2) is 48.7 Å². The van der Waals surface area contributed by atoms with Crippen LogP contribution in [0.1, 0.15) is 55.1 Å². The van der Waals surface area contributed by atoms with Crippen molar-refractivity contribution in [2.75, 3.05) is 11.9 Å². The van der Waals surface area contributed by atoms with Crippen molar-refractivity contribution in [1.82, 2.24) is 10.3 Å². The van der Waals surface area contributed by atoms with Crippen LogP contribution in [0.25, 0.3) is 0 Å². The average Bonchev–Trinajstić information content (AvgIpc) is 2.59. The van der Waals surface area contributed by atoms with Gasteiger partial charge >= 0.3 is 0 Å². The van der Waals surface area contributed by atoms with E-state index in [0.717, 1.165) is 25.8 Å². The van der Waals surface area contributed by atoms with Gasteiger partial charge in [-0.25, -0.2) is 4.98 Å². The molecule has 0 aliphatic heterocycles. The maximum Gasteiger partial charge on any atom is 0.251 e. The number of benzene rings is 1. The van der Waals surface area contributed by atoms with Gasteiger partial charge in [0.1, 0.15) is 5.82 Å². The van der Waals surface area contributed by atoms with E-state index in [2.05, 4.69) is 41.6 Å². The molecule has 122 valence electrons. The van der Waals surface area contributed by atoms with Crippen LogP contribution < -0.4 is 10.6 Å². The molecule has 0 spiro atoms. The van der Waals surface area contributed by atoms with E-state index in [9.17, 15) is 4.79 Å². The molecule has 0 aliphatic rings. The zero-order chi connectivity index (χ0) is 16.5. The summed E-state index contributed by atoms with van der Waals surface area (Å²) in [6.07, 6.45) is 4.97. The van der Waals surface area contributed by atoms with Gasteiger partial charge in [0.2, 0.25) is 0 Å². The number of pyridine rings is 1. The molecule has 1 atom stereocenters. The van der Waals surface area contributed by atoms with Crippen molar-refractivity contribution in [3.63, 3.8) is 0 Å². The quantitative estimate of drug-likeness (QED) is 0.719. The van der Waals surface area contributed by atoms with E-state index in [1.165, 1.54) is 5.56 Å². The number of aromatic nitrogens is 1. The Labute approximate surface area is 138 Å². The normalized spacial score (nSPS) is 11.7. The summed E-state index contributed by atoms with van der Waals surface area (Å²) in [6, 6.07) is 13.8. The number of carbonyl (C=O) groups excluding carboxylic acids is 1. The number of rotatable bonds is 8. The Morgan fingerprint density at radius 3 is 2.70 bits per heavy atom. The fourth-order valence-electron chi connectivity index (χ4n) is 2.38. The maximum atomic E-state index is 12.1. The van der Waals surface area contributed by atoms with Crippen LogP contribution in [0, 0.1) is 0 Å². The molecule has 1 unspecified atom stereocenters. The highest BCUT2D eigenvalue weighted by atomic mass is 16.1. The molecule has 2 N–H and O–H groups in total. The Kier molecular flexibility index (Phi) is 6.60. The van der Waals surface area contributed by atoms with Gasteiger partial charge < -0.3 is 10.6 Å². The molecule has 2 aromatic rings. The Morgan fingerprint density at radius 2 is 1.96 bits per heavy atom. The summed E-state index contributed by atoms with van der Waals surface area (Å²) in [5.74, 6) is 0.668. The minimum absolute atomic E-state index is 0.0427. The Morgan fingerprint density at radius 1 is 1.17 bits per heavy atom. The van der Waals surface area contributed by atoms with E-state index >= 15 is 0 Å². The number of anilines is 1.